The topological polar surface area (TPSA) is 48.5 Å². The molecule has 62 heavy (non-hydrogen) atoms. The summed E-state index contributed by atoms with van der Waals surface area (Å²) >= 11 is 1.90. The Morgan fingerprint density at radius 3 is 1.77 bits per heavy atom. The predicted molar refractivity (Wildman–Crippen MR) is 259 cm³/mol. The van der Waals surface area contributed by atoms with Crippen molar-refractivity contribution in [3.05, 3.63) is 164 Å². The monoisotopic (exact) mass is 819 g/mol. The summed E-state index contributed by atoms with van der Waals surface area (Å²) in [6, 6.07) is 57.2. The van der Waals surface area contributed by atoms with Crippen LogP contribution in [0.1, 0.15) is 51.8 Å². The highest BCUT2D eigenvalue weighted by Crippen LogP contribution is 2.53. The minimum absolute atomic E-state index is 0.102. The molecule has 2 aliphatic rings. The molecule has 2 bridgehead atoms. The van der Waals surface area contributed by atoms with Gasteiger partial charge in [-0.15, -0.1) is 11.3 Å². The molecule has 5 nitrogen and oxygen atoms in total. The second-order valence-corrected chi connectivity index (χ2v) is 19.6. The maximum Gasteiger partial charge on any atom is 0.163 e. The van der Waals surface area contributed by atoms with E-state index >= 15 is 0 Å². The zero-order valence-corrected chi connectivity index (χ0v) is 35.7. The molecule has 2 saturated carbocycles. The van der Waals surface area contributed by atoms with E-state index in [0.29, 0.717) is 0 Å². The Kier molecular flexibility index (Phi) is 7.96. The maximum atomic E-state index is 5.47. The van der Waals surface area contributed by atoms with Crippen LogP contribution in [0, 0.1) is 17.8 Å². The van der Waals surface area contributed by atoms with Gasteiger partial charge in [0.1, 0.15) is 5.82 Å². The van der Waals surface area contributed by atoms with Crippen LogP contribution >= 0.6 is 11.3 Å². The van der Waals surface area contributed by atoms with Gasteiger partial charge in [0.25, 0.3) is 0 Å². The SMILES string of the molecule is CC1CC2CC(C1)CC(C)(c1nc(-c3ccccc3)nc(-c3cccc(-n4c5ccccc5c5c6c7ccccc7n(-c7ccccc7)c6c6sc7ccccc7c6c54)c3)n1)C2. The van der Waals surface area contributed by atoms with E-state index < -0.39 is 0 Å². The number of nitrogens with zero attached hydrogens (tertiary/aromatic N) is 5. The van der Waals surface area contributed by atoms with E-state index in [0.717, 1.165) is 64.9 Å². The van der Waals surface area contributed by atoms with Gasteiger partial charge in [0.15, 0.2) is 11.6 Å². The summed E-state index contributed by atoms with van der Waals surface area (Å²) in [5.74, 6) is 4.67. The third kappa shape index (κ3) is 5.42. The number of rotatable bonds is 5. The molecule has 0 aliphatic heterocycles. The molecule has 0 amide bonds. The lowest BCUT2D eigenvalue weighted by atomic mass is 9.59. The van der Waals surface area contributed by atoms with Crippen molar-refractivity contribution in [1.29, 1.82) is 0 Å². The van der Waals surface area contributed by atoms with Crippen LogP contribution in [-0.4, -0.2) is 24.1 Å². The summed E-state index contributed by atoms with van der Waals surface area (Å²) < 4.78 is 7.60. The highest BCUT2D eigenvalue weighted by atomic mass is 32.1. The van der Waals surface area contributed by atoms with Gasteiger partial charge < -0.3 is 9.13 Å². The highest BCUT2D eigenvalue weighted by molar-refractivity contribution is 7.27. The summed E-state index contributed by atoms with van der Waals surface area (Å²) in [7, 11) is 0. The van der Waals surface area contributed by atoms with Gasteiger partial charge in [-0.05, 0) is 92.3 Å². The number of thiophene rings is 1. The molecule has 6 heteroatoms. The fourth-order valence-electron chi connectivity index (χ4n) is 12.0. The smallest absolute Gasteiger partial charge is 0.163 e. The van der Waals surface area contributed by atoms with Crippen LogP contribution in [0.5, 0.6) is 0 Å². The zero-order chi connectivity index (χ0) is 41.1. The summed E-state index contributed by atoms with van der Waals surface area (Å²) in [5, 5.41) is 7.63. The van der Waals surface area contributed by atoms with Crippen molar-refractivity contribution >= 4 is 75.1 Å². The van der Waals surface area contributed by atoms with Crippen LogP contribution in [0.3, 0.4) is 0 Å². The van der Waals surface area contributed by atoms with Crippen molar-refractivity contribution in [2.24, 2.45) is 17.8 Å². The second-order valence-electron chi connectivity index (χ2n) is 18.5. The van der Waals surface area contributed by atoms with Crippen molar-refractivity contribution < 1.29 is 0 Å². The van der Waals surface area contributed by atoms with Gasteiger partial charge in [-0.3, -0.25) is 0 Å². The van der Waals surface area contributed by atoms with Gasteiger partial charge >= 0.3 is 0 Å². The fraction of sp³-hybridized carbons (Fsp3) is 0.196. The standard InChI is InChI=1S/C56H45N5S/c1-34-28-35-30-36(29-34)33-56(2,32-35)55-58-53(37-16-5-3-6-17-37)57-54(59-55)38-18-15-21-40(31-38)61-45-26-13-9-22-41(45)47-48-42-23-10-12-25-44(42)60(39-19-7-4-8-20-39)51(48)52-49(50(47)61)43-24-11-14-27-46(43)62-52/h3-27,31,34-36H,28-30,32-33H2,1-2H3. The zero-order valence-electron chi connectivity index (χ0n) is 34.9. The van der Waals surface area contributed by atoms with E-state index in [1.807, 2.05) is 11.3 Å². The van der Waals surface area contributed by atoms with Crippen LogP contribution in [0.15, 0.2) is 158 Å². The quantitative estimate of drug-likeness (QED) is 0.174. The minimum Gasteiger partial charge on any atom is -0.309 e. The predicted octanol–water partition coefficient (Wildman–Crippen LogP) is 14.9. The molecule has 2 aliphatic carbocycles. The van der Waals surface area contributed by atoms with Crippen molar-refractivity contribution in [3.8, 4) is 34.2 Å². The molecule has 300 valence electrons. The first kappa shape index (κ1) is 36.1. The van der Waals surface area contributed by atoms with Crippen LogP contribution in [-0.2, 0) is 5.41 Å². The molecule has 4 aromatic heterocycles. The van der Waals surface area contributed by atoms with Crippen LogP contribution in [0.2, 0.25) is 0 Å². The Labute approximate surface area is 364 Å². The first-order valence-corrected chi connectivity index (χ1v) is 23.1. The Morgan fingerprint density at radius 2 is 1.06 bits per heavy atom. The lowest BCUT2D eigenvalue weighted by Crippen LogP contribution is -2.40. The molecule has 0 radical (unpaired) electrons. The van der Waals surface area contributed by atoms with E-state index in [1.165, 1.54) is 88.7 Å². The lowest BCUT2D eigenvalue weighted by Gasteiger charge is -2.46. The maximum absolute atomic E-state index is 5.47. The van der Waals surface area contributed by atoms with E-state index in [-0.39, 0.29) is 5.41 Å². The van der Waals surface area contributed by atoms with Crippen molar-refractivity contribution in [2.45, 2.75) is 51.4 Å². The highest BCUT2D eigenvalue weighted by Gasteiger charge is 2.44. The second kappa shape index (κ2) is 13.7. The summed E-state index contributed by atoms with van der Waals surface area (Å²) in [6.45, 7) is 4.87. The van der Waals surface area contributed by atoms with Crippen LogP contribution in [0.25, 0.3) is 97.9 Å². The third-order valence-electron chi connectivity index (χ3n) is 14.2. The molecule has 13 rings (SSSR count). The molecule has 4 heterocycles. The largest absolute Gasteiger partial charge is 0.309 e. The lowest BCUT2D eigenvalue weighted by molar-refractivity contribution is 0.0857. The molecular weight excluding hydrogens is 775 g/mol. The molecule has 0 spiro atoms. The average Bonchev–Trinajstić information content (AvgIpc) is 3.97. The van der Waals surface area contributed by atoms with Crippen molar-refractivity contribution in [3.63, 3.8) is 0 Å². The normalized spacial score (nSPS) is 20.3. The number of benzene rings is 7. The summed E-state index contributed by atoms with van der Waals surface area (Å²) in [5.41, 5.74) is 9.06. The molecule has 0 N–H and O–H groups in total. The van der Waals surface area contributed by atoms with E-state index in [2.05, 4.69) is 181 Å². The van der Waals surface area contributed by atoms with Gasteiger partial charge in [0, 0.05) is 64.9 Å². The molecule has 7 aromatic carbocycles. The fourth-order valence-corrected chi connectivity index (χ4v) is 13.3. The third-order valence-corrected chi connectivity index (χ3v) is 15.4. The van der Waals surface area contributed by atoms with Gasteiger partial charge in [-0.2, -0.15) is 0 Å². The van der Waals surface area contributed by atoms with Gasteiger partial charge in [-0.25, -0.2) is 15.0 Å². The van der Waals surface area contributed by atoms with Gasteiger partial charge in [0.05, 0.1) is 26.8 Å². The molecule has 2 fully saturated rings. The Bertz CT molecular complexity index is 3540. The Balaban J connectivity index is 1.10. The van der Waals surface area contributed by atoms with E-state index in [9.17, 15) is 0 Å². The van der Waals surface area contributed by atoms with Crippen LogP contribution in [0.4, 0.5) is 0 Å². The summed E-state index contributed by atoms with van der Waals surface area (Å²) in [6.07, 6.45) is 6.22. The van der Waals surface area contributed by atoms with Crippen LogP contribution < -0.4 is 0 Å². The number of aromatic nitrogens is 5. The first-order valence-electron chi connectivity index (χ1n) is 22.3. The molecule has 2 unspecified atom stereocenters. The number of hydrogen-bond acceptors (Lipinski definition) is 4. The minimum atomic E-state index is -0.102. The average molecular weight is 820 g/mol. The Hall–Kier alpha value is -6.63. The Morgan fingerprint density at radius 1 is 0.516 bits per heavy atom. The molecule has 11 aromatic rings. The molecule has 2 atom stereocenters. The first-order chi connectivity index (χ1) is 30.5. The molecule has 0 saturated heterocycles. The number of hydrogen-bond donors (Lipinski definition) is 0. The van der Waals surface area contributed by atoms with Gasteiger partial charge in [0.2, 0.25) is 0 Å². The number of fused-ring (bicyclic) bond motifs is 14. The van der Waals surface area contributed by atoms with Crippen molar-refractivity contribution in [1.82, 2.24) is 24.1 Å². The van der Waals surface area contributed by atoms with Gasteiger partial charge in [-0.1, -0.05) is 129 Å². The number of para-hydroxylation sites is 3. The summed E-state index contributed by atoms with van der Waals surface area (Å²) in [4.78, 5) is 16.1. The molecular formula is C56H45N5S. The van der Waals surface area contributed by atoms with E-state index in [1.54, 1.807) is 0 Å². The van der Waals surface area contributed by atoms with Crippen molar-refractivity contribution in [2.75, 3.05) is 0 Å². The van der Waals surface area contributed by atoms with E-state index in [4.69, 9.17) is 15.0 Å².